The van der Waals surface area contributed by atoms with Crippen molar-refractivity contribution in [3.8, 4) is 11.4 Å². The summed E-state index contributed by atoms with van der Waals surface area (Å²) in [7, 11) is 1.80. The largest absolute Gasteiger partial charge is 0.342 e. The van der Waals surface area contributed by atoms with E-state index in [1.54, 1.807) is 18.0 Å². The Morgan fingerprint density at radius 2 is 2.00 bits per heavy atom. The average Bonchev–Trinajstić information content (AvgIpc) is 3.05. The SMILES string of the molecule is CC(C)C(N)CCN(C)C(=O)c1cccc(-c2noc(CC(C)(C)C)n2)c1. The van der Waals surface area contributed by atoms with Gasteiger partial charge >= 0.3 is 0 Å². The standard InChI is InChI=1S/C21H32N4O2/c1-14(2)17(22)10-11-25(6)20(26)16-9-7-8-15(12-16)19-23-18(27-24-19)13-21(3,4)5/h7-9,12,14,17H,10-11,13,22H2,1-6H3. The van der Waals surface area contributed by atoms with E-state index in [-0.39, 0.29) is 17.4 Å². The van der Waals surface area contributed by atoms with Crippen molar-refractivity contribution >= 4 is 5.91 Å². The van der Waals surface area contributed by atoms with Crippen LogP contribution in [0.4, 0.5) is 0 Å². The molecular weight excluding hydrogens is 340 g/mol. The van der Waals surface area contributed by atoms with E-state index in [4.69, 9.17) is 10.3 Å². The summed E-state index contributed by atoms with van der Waals surface area (Å²) in [5, 5.41) is 4.07. The van der Waals surface area contributed by atoms with Crippen LogP contribution in [0.5, 0.6) is 0 Å². The van der Waals surface area contributed by atoms with E-state index in [1.807, 2.05) is 18.2 Å². The molecule has 0 aliphatic rings. The van der Waals surface area contributed by atoms with Crippen molar-refractivity contribution in [2.75, 3.05) is 13.6 Å². The molecule has 0 saturated carbocycles. The Kier molecular flexibility index (Phi) is 6.76. The molecule has 1 aromatic carbocycles. The minimum Gasteiger partial charge on any atom is -0.342 e. The van der Waals surface area contributed by atoms with Crippen molar-refractivity contribution in [2.24, 2.45) is 17.1 Å². The summed E-state index contributed by atoms with van der Waals surface area (Å²) in [4.78, 5) is 18.9. The number of carbonyl (C=O) groups excluding carboxylic acids is 1. The van der Waals surface area contributed by atoms with Gasteiger partial charge in [0, 0.05) is 37.2 Å². The monoisotopic (exact) mass is 372 g/mol. The summed E-state index contributed by atoms with van der Waals surface area (Å²) in [6.07, 6.45) is 1.48. The second-order valence-electron chi connectivity index (χ2n) is 8.75. The molecule has 0 spiro atoms. The van der Waals surface area contributed by atoms with E-state index in [1.165, 1.54) is 0 Å². The molecule has 2 rings (SSSR count). The number of hydrogen-bond donors (Lipinski definition) is 1. The molecule has 6 heteroatoms. The van der Waals surface area contributed by atoms with Crippen LogP contribution in [0.25, 0.3) is 11.4 Å². The molecule has 1 heterocycles. The fraction of sp³-hybridized carbons (Fsp3) is 0.571. The number of carbonyl (C=O) groups is 1. The number of nitrogens with two attached hydrogens (primary N) is 1. The van der Waals surface area contributed by atoms with Gasteiger partial charge in [0.1, 0.15) is 0 Å². The zero-order valence-corrected chi connectivity index (χ0v) is 17.3. The van der Waals surface area contributed by atoms with Gasteiger partial charge in [-0.3, -0.25) is 4.79 Å². The van der Waals surface area contributed by atoms with Crippen molar-refractivity contribution in [3.63, 3.8) is 0 Å². The molecule has 1 unspecified atom stereocenters. The molecular formula is C21H32N4O2. The van der Waals surface area contributed by atoms with Crippen LogP contribution in [0, 0.1) is 11.3 Å². The van der Waals surface area contributed by atoms with E-state index >= 15 is 0 Å². The van der Waals surface area contributed by atoms with Gasteiger partial charge in [0.05, 0.1) is 0 Å². The van der Waals surface area contributed by atoms with Gasteiger partial charge in [-0.05, 0) is 29.9 Å². The predicted molar refractivity (Wildman–Crippen MR) is 107 cm³/mol. The summed E-state index contributed by atoms with van der Waals surface area (Å²) in [6, 6.07) is 7.44. The second-order valence-corrected chi connectivity index (χ2v) is 8.75. The Bertz CT molecular complexity index is 762. The normalized spacial score (nSPS) is 13.0. The van der Waals surface area contributed by atoms with Crippen LogP contribution in [0.2, 0.25) is 0 Å². The van der Waals surface area contributed by atoms with Gasteiger partial charge in [0.15, 0.2) is 0 Å². The summed E-state index contributed by atoms with van der Waals surface area (Å²) in [6.45, 7) is 11.2. The highest BCUT2D eigenvalue weighted by Gasteiger charge is 2.19. The lowest BCUT2D eigenvalue weighted by Gasteiger charge is -2.21. The Balaban J connectivity index is 2.09. The molecule has 0 bridgehead atoms. The van der Waals surface area contributed by atoms with Gasteiger partial charge in [0.2, 0.25) is 11.7 Å². The zero-order valence-electron chi connectivity index (χ0n) is 17.3. The summed E-state index contributed by atoms with van der Waals surface area (Å²) in [5.74, 6) is 1.48. The van der Waals surface area contributed by atoms with Crippen molar-refractivity contribution in [3.05, 3.63) is 35.7 Å². The topological polar surface area (TPSA) is 85.2 Å². The van der Waals surface area contributed by atoms with Gasteiger partial charge in [-0.15, -0.1) is 0 Å². The first-order valence-electron chi connectivity index (χ1n) is 9.51. The molecule has 0 saturated heterocycles. The minimum atomic E-state index is -0.0359. The first-order chi connectivity index (χ1) is 12.6. The lowest BCUT2D eigenvalue weighted by Crippen LogP contribution is -2.34. The fourth-order valence-corrected chi connectivity index (χ4v) is 2.69. The molecule has 6 nitrogen and oxygen atoms in total. The molecule has 0 fully saturated rings. The van der Waals surface area contributed by atoms with Crippen LogP contribution in [0.1, 0.15) is 57.3 Å². The van der Waals surface area contributed by atoms with Gasteiger partial charge in [0.25, 0.3) is 5.91 Å². The Morgan fingerprint density at radius 3 is 2.63 bits per heavy atom. The summed E-state index contributed by atoms with van der Waals surface area (Å²) in [5.41, 5.74) is 7.54. The van der Waals surface area contributed by atoms with Crippen molar-refractivity contribution in [1.82, 2.24) is 15.0 Å². The Morgan fingerprint density at radius 1 is 1.30 bits per heavy atom. The minimum absolute atomic E-state index is 0.0359. The Hall–Kier alpha value is -2.21. The summed E-state index contributed by atoms with van der Waals surface area (Å²) < 4.78 is 5.36. The molecule has 1 amide bonds. The number of rotatable bonds is 7. The van der Waals surface area contributed by atoms with Crippen LogP contribution in [-0.4, -0.2) is 40.6 Å². The van der Waals surface area contributed by atoms with Gasteiger partial charge < -0.3 is 15.2 Å². The van der Waals surface area contributed by atoms with Gasteiger partial charge in [-0.1, -0.05) is 51.9 Å². The molecule has 2 N–H and O–H groups in total. The molecule has 1 aromatic heterocycles. The zero-order chi connectivity index (χ0) is 20.2. The molecule has 27 heavy (non-hydrogen) atoms. The highest BCUT2D eigenvalue weighted by atomic mass is 16.5. The molecule has 148 valence electrons. The van der Waals surface area contributed by atoms with Crippen LogP contribution in [0.15, 0.2) is 28.8 Å². The van der Waals surface area contributed by atoms with Crippen LogP contribution in [-0.2, 0) is 6.42 Å². The number of benzene rings is 1. The van der Waals surface area contributed by atoms with Crippen molar-refractivity contribution in [1.29, 1.82) is 0 Å². The van der Waals surface area contributed by atoms with E-state index < -0.39 is 0 Å². The highest BCUT2D eigenvalue weighted by Crippen LogP contribution is 2.23. The first-order valence-corrected chi connectivity index (χ1v) is 9.51. The van der Waals surface area contributed by atoms with E-state index in [0.717, 1.165) is 12.0 Å². The predicted octanol–water partition coefficient (Wildman–Crippen LogP) is 3.77. The van der Waals surface area contributed by atoms with Crippen molar-refractivity contribution < 1.29 is 9.32 Å². The third-order valence-electron chi connectivity index (χ3n) is 4.52. The van der Waals surface area contributed by atoms with Crippen molar-refractivity contribution in [2.45, 2.75) is 53.5 Å². The molecule has 1 atom stereocenters. The maximum absolute atomic E-state index is 12.7. The molecule has 0 aliphatic heterocycles. The first kappa shape index (κ1) is 21.1. The average molecular weight is 373 g/mol. The van der Waals surface area contributed by atoms with Crippen LogP contribution in [0.3, 0.4) is 0 Å². The number of amides is 1. The quantitative estimate of drug-likeness (QED) is 0.799. The van der Waals surface area contributed by atoms with Gasteiger partial charge in [-0.25, -0.2) is 0 Å². The van der Waals surface area contributed by atoms with E-state index in [0.29, 0.717) is 36.2 Å². The third-order valence-corrected chi connectivity index (χ3v) is 4.52. The van der Waals surface area contributed by atoms with E-state index in [9.17, 15) is 4.79 Å². The lowest BCUT2D eigenvalue weighted by atomic mass is 9.92. The third kappa shape index (κ3) is 6.17. The fourth-order valence-electron chi connectivity index (χ4n) is 2.69. The number of aromatic nitrogens is 2. The molecule has 0 aliphatic carbocycles. The Labute approximate surface area is 162 Å². The number of nitrogens with zero attached hydrogens (tertiary/aromatic N) is 3. The highest BCUT2D eigenvalue weighted by molar-refractivity contribution is 5.95. The number of hydrogen-bond acceptors (Lipinski definition) is 5. The van der Waals surface area contributed by atoms with Crippen LogP contribution >= 0.6 is 0 Å². The smallest absolute Gasteiger partial charge is 0.253 e. The van der Waals surface area contributed by atoms with E-state index in [2.05, 4.69) is 44.8 Å². The maximum atomic E-state index is 12.7. The second kappa shape index (κ2) is 8.65. The maximum Gasteiger partial charge on any atom is 0.253 e. The molecule has 2 aromatic rings. The lowest BCUT2D eigenvalue weighted by molar-refractivity contribution is 0.0789. The summed E-state index contributed by atoms with van der Waals surface area (Å²) >= 11 is 0. The van der Waals surface area contributed by atoms with Crippen LogP contribution < -0.4 is 5.73 Å². The molecule has 0 radical (unpaired) electrons. The van der Waals surface area contributed by atoms with Gasteiger partial charge in [-0.2, -0.15) is 4.98 Å².